The Hall–Kier alpha value is -4.92. The van der Waals surface area contributed by atoms with Crippen molar-refractivity contribution < 1.29 is 19.5 Å². The second-order valence-corrected chi connectivity index (χ2v) is 8.00. The summed E-state index contributed by atoms with van der Waals surface area (Å²) >= 11 is 0. The normalized spacial score (nSPS) is 12.6. The van der Waals surface area contributed by atoms with E-state index < -0.39 is 34.7 Å². The van der Waals surface area contributed by atoms with Gasteiger partial charge in [0, 0.05) is 32.1 Å². The highest BCUT2D eigenvalue weighted by atomic mass is 16.5. The van der Waals surface area contributed by atoms with Gasteiger partial charge in [-0.25, -0.2) is 4.98 Å². The molecule has 0 radical (unpaired) electrons. The van der Waals surface area contributed by atoms with Crippen LogP contribution in [0.5, 0.6) is 11.5 Å². The van der Waals surface area contributed by atoms with Gasteiger partial charge in [-0.1, -0.05) is 18.1 Å². The first-order valence-corrected chi connectivity index (χ1v) is 10.4. The number of phenols is 1. The number of benzene rings is 1. The molecule has 12 heteroatoms. The molecule has 2 atom stereocenters. The molecule has 12 nitrogen and oxygen atoms in total. The third-order valence-electron chi connectivity index (χ3n) is 5.69. The predicted molar refractivity (Wildman–Crippen MR) is 122 cm³/mol. The number of carbonyl (C=O) groups excluding carboxylic acids is 1. The minimum absolute atomic E-state index is 0.0641. The number of nitrogens with zero attached hydrogens (tertiary/aromatic N) is 6. The van der Waals surface area contributed by atoms with Crippen molar-refractivity contribution in [2.45, 2.75) is 18.8 Å². The molecule has 2 unspecified atom stereocenters. The second kappa shape index (κ2) is 9.14. The third-order valence-corrected chi connectivity index (χ3v) is 5.69. The second-order valence-electron chi connectivity index (χ2n) is 8.00. The molecule has 0 spiro atoms. The summed E-state index contributed by atoms with van der Waals surface area (Å²) in [7, 11) is 3.18. The van der Waals surface area contributed by atoms with E-state index in [1.807, 2.05) is 0 Å². The van der Waals surface area contributed by atoms with E-state index in [1.165, 1.54) is 31.6 Å². The molecule has 0 aliphatic carbocycles. The van der Waals surface area contributed by atoms with Gasteiger partial charge in [0.05, 0.1) is 24.0 Å². The monoisotopic (exact) mass is 475 g/mol. The average molecular weight is 475 g/mol. The van der Waals surface area contributed by atoms with Gasteiger partial charge in [-0.2, -0.15) is 10.4 Å². The summed E-state index contributed by atoms with van der Waals surface area (Å²) in [5.41, 5.74) is 0.478. The Balaban J connectivity index is 1.86. The summed E-state index contributed by atoms with van der Waals surface area (Å²) in [5, 5.41) is 40.2. The van der Waals surface area contributed by atoms with Gasteiger partial charge >= 0.3 is 0 Å². The number of rotatable bonds is 6. The van der Waals surface area contributed by atoms with Crippen LogP contribution in [0.1, 0.15) is 51.8 Å². The largest absolute Gasteiger partial charge is 0.508 e. The van der Waals surface area contributed by atoms with E-state index in [0.717, 1.165) is 10.1 Å². The zero-order chi connectivity index (χ0) is 25.3. The number of carbonyl (C=O) groups is 1. The van der Waals surface area contributed by atoms with Crippen LogP contribution in [0, 0.1) is 11.3 Å². The van der Waals surface area contributed by atoms with E-state index in [9.17, 15) is 25.1 Å². The number of nitrogens with one attached hydrogen (secondary N) is 1. The fraction of sp³-hybridized carbons (Fsp3) is 0.217. The maximum Gasteiger partial charge on any atom is 0.296 e. The first-order valence-electron chi connectivity index (χ1n) is 10.4. The van der Waals surface area contributed by atoms with Crippen LogP contribution in [0.25, 0.3) is 0 Å². The lowest BCUT2D eigenvalue weighted by molar-refractivity contribution is 0.101. The molecule has 4 rings (SSSR count). The van der Waals surface area contributed by atoms with Crippen molar-refractivity contribution in [1.29, 1.82) is 5.26 Å². The van der Waals surface area contributed by atoms with Crippen LogP contribution in [0.2, 0.25) is 0 Å². The number of hydrogen-bond acceptors (Lipinski definition) is 9. The highest BCUT2D eigenvalue weighted by molar-refractivity contribution is 6.04. The molecule has 0 aliphatic heterocycles. The summed E-state index contributed by atoms with van der Waals surface area (Å²) in [6.45, 7) is 1.78. The van der Waals surface area contributed by atoms with E-state index in [1.54, 1.807) is 37.1 Å². The lowest BCUT2D eigenvalue weighted by atomic mass is 9.80. The molecule has 0 saturated carbocycles. The third kappa shape index (κ3) is 4.34. The Labute approximate surface area is 198 Å². The highest BCUT2D eigenvalue weighted by Gasteiger charge is 2.31. The summed E-state index contributed by atoms with van der Waals surface area (Å²) in [6.07, 6.45) is 5.85. The number of aromatic nitrogens is 5. The fourth-order valence-electron chi connectivity index (χ4n) is 4.03. The van der Waals surface area contributed by atoms with Crippen molar-refractivity contribution in [2.24, 2.45) is 14.1 Å². The van der Waals surface area contributed by atoms with Gasteiger partial charge in [-0.15, -0.1) is 0 Å². The Morgan fingerprint density at radius 3 is 2.66 bits per heavy atom. The maximum atomic E-state index is 12.8. The van der Waals surface area contributed by atoms with E-state index in [2.05, 4.69) is 31.1 Å². The van der Waals surface area contributed by atoms with Gasteiger partial charge < -0.3 is 20.1 Å². The SMILES string of the molecule is CC(c1nc(C(=O)Nc2cnoc2)c(O)c(=O)n1C)C(c1cnn(C)c1)c1ccc(O)cc1C#N. The minimum atomic E-state index is -0.822. The van der Waals surface area contributed by atoms with Crippen molar-refractivity contribution in [3.63, 3.8) is 0 Å². The van der Waals surface area contributed by atoms with Gasteiger partial charge in [0.15, 0.2) is 5.69 Å². The van der Waals surface area contributed by atoms with E-state index >= 15 is 0 Å². The molecule has 1 aromatic carbocycles. The number of phenolic OH excluding ortho intramolecular Hbond substituents is 1. The van der Waals surface area contributed by atoms with Crippen LogP contribution in [-0.4, -0.2) is 40.6 Å². The number of aryl methyl sites for hydroxylation is 1. The van der Waals surface area contributed by atoms with Crippen LogP contribution < -0.4 is 10.9 Å². The summed E-state index contributed by atoms with van der Waals surface area (Å²) in [6, 6.07) is 6.54. The molecular formula is C23H21N7O5. The van der Waals surface area contributed by atoms with Gasteiger partial charge in [-0.05, 0) is 23.3 Å². The first-order chi connectivity index (χ1) is 16.7. The first kappa shape index (κ1) is 23.2. The van der Waals surface area contributed by atoms with Crippen molar-refractivity contribution in [2.75, 3.05) is 5.32 Å². The van der Waals surface area contributed by atoms with Crippen LogP contribution in [0.4, 0.5) is 5.69 Å². The molecule has 4 aromatic rings. The zero-order valence-corrected chi connectivity index (χ0v) is 19.0. The fourth-order valence-corrected chi connectivity index (χ4v) is 4.03. The average Bonchev–Trinajstić information content (AvgIpc) is 3.50. The topological polar surface area (TPSA) is 172 Å². The predicted octanol–water partition coefficient (Wildman–Crippen LogP) is 1.97. The van der Waals surface area contributed by atoms with Crippen molar-refractivity contribution in [3.05, 3.63) is 81.6 Å². The molecule has 0 aliphatic rings. The van der Waals surface area contributed by atoms with Gasteiger partial charge in [-0.3, -0.25) is 18.8 Å². The van der Waals surface area contributed by atoms with Crippen LogP contribution in [-0.2, 0) is 14.1 Å². The van der Waals surface area contributed by atoms with Crippen LogP contribution in [0.15, 0.2) is 52.4 Å². The molecule has 1 amide bonds. The molecular weight excluding hydrogens is 454 g/mol. The highest BCUT2D eigenvalue weighted by Crippen LogP contribution is 2.39. The maximum absolute atomic E-state index is 12.8. The van der Waals surface area contributed by atoms with Gasteiger partial charge in [0.2, 0.25) is 5.75 Å². The Bertz CT molecular complexity index is 1500. The zero-order valence-electron chi connectivity index (χ0n) is 19.0. The summed E-state index contributed by atoms with van der Waals surface area (Å²) in [4.78, 5) is 30.0. The Kier molecular flexibility index (Phi) is 6.07. The quantitative estimate of drug-likeness (QED) is 0.377. The molecule has 3 heterocycles. The van der Waals surface area contributed by atoms with Crippen LogP contribution >= 0.6 is 0 Å². The molecule has 0 bridgehead atoms. The van der Waals surface area contributed by atoms with Gasteiger partial charge in [0.25, 0.3) is 11.5 Å². The molecule has 35 heavy (non-hydrogen) atoms. The summed E-state index contributed by atoms with van der Waals surface area (Å²) in [5.74, 6) is -2.61. The van der Waals surface area contributed by atoms with Crippen LogP contribution in [0.3, 0.4) is 0 Å². The smallest absolute Gasteiger partial charge is 0.296 e. The molecule has 178 valence electrons. The lowest BCUT2D eigenvalue weighted by Crippen LogP contribution is -2.29. The van der Waals surface area contributed by atoms with E-state index in [0.29, 0.717) is 5.56 Å². The summed E-state index contributed by atoms with van der Waals surface area (Å²) < 4.78 is 7.44. The van der Waals surface area contributed by atoms with E-state index in [4.69, 9.17) is 0 Å². The van der Waals surface area contributed by atoms with Crippen molar-refractivity contribution in [3.8, 4) is 17.6 Å². The number of amides is 1. The Morgan fingerprint density at radius 1 is 1.26 bits per heavy atom. The number of nitriles is 1. The molecule has 3 N–H and O–H groups in total. The van der Waals surface area contributed by atoms with Gasteiger partial charge in [0.1, 0.15) is 23.5 Å². The van der Waals surface area contributed by atoms with E-state index in [-0.39, 0.29) is 22.8 Å². The van der Waals surface area contributed by atoms with Crippen molar-refractivity contribution >= 4 is 11.6 Å². The van der Waals surface area contributed by atoms with Crippen molar-refractivity contribution in [1.82, 2.24) is 24.5 Å². The standard InChI is InChI=1S/C23H21N7O5/c1-12(18(14-8-25-29(2)10-14)17-5-4-16(31)6-13(17)7-24)21-28-19(20(32)23(34)30(21)3)22(33)27-15-9-26-35-11-15/h4-6,8-12,18,31-32H,1-3H3,(H,27,33). The number of hydrogen-bond donors (Lipinski definition) is 3. The minimum Gasteiger partial charge on any atom is -0.508 e. The lowest BCUT2D eigenvalue weighted by Gasteiger charge is -2.26. The Morgan fingerprint density at radius 2 is 2.03 bits per heavy atom. The molecule has 0 fully saturated rings. The molecule has 0 saturated heterocycles. The number of aromatic hydroxyl groups is 2. The molecule has 3 aromatic heterocycles. The number of anilines is 1.